The fraction of sp³-hybridized carbons (Fsp3) is 0.800. The molecular weight excluding hydrogens is 331 g/mol. The Hall–Kier alpha value is -1.64. The number of ether oxygens (including phenoxy) is 1. The number of carbonyl (C=O) groups excluding carboxylic acids is 2. The van der Waals surface area contributed by atoms with E-state index in [1.54, 1.807) is 20.8 Å². The number of Topliss-reactive ketones (excluding diaryl/α,β-unsaturated/α-hetero) is 1. The zero-order valence-corrected chi connectivity index (χ0v) is 14.2. The molecule has 0 aliphatic rings. The number of ketones is 1. The first-order chi connectivity index (χ1) is 10.7. The SMILES string of the molecule is CC(=O)CC[C@H](N[C@@H](CCC(=O)OC(C)(C)C)C(=O)O)C(F)(F)F. The van der Waals surface area contributed by atoms with Crippen LogP contribution in [0.2, 0.25) is 0 Å². The lowest BCUT2D eigenvalue weighted by molar-refractivity contribution is -0.163. The van der Waals surface area contributed by atoms with Gasteiger partial charge in [0.1, 0.15) is 23.5 Å². The van der Waals surface area contributed by atoms with Crippen LogP contribution in [0.1, 0.15) is 53.4 Å². The minimum absolute atomic E-state index is 0.324. The van der Waals surface area contributed by atoms with E-state index in [1.165, 1.54) is 0 Å². The highest BCUT2D eigenvalue weighted by Crippen LogP contribution is 2.24. The van der Waals surface area contributed by atoms with Gasteiger partial charge in [-0.1, -0.05) is 0 Å². The van der Waals surface area contributed by atoms with Crippen LogP contribution in [0, 0.1) is 0 Å². The van der Waals surface area contributed by atoms with Crippen LogP contribution in [-0.4, -0.2) is 46.7 Å². The van der Waals surface area contributed by atoms with Crippen molar-refractivity contribution in [1.82, 2.24) is 5.32 Å². The molecule has 0 heterocycles. The van der Waals surface area contributed by atoms with Gasteiger partial charge in [0.25, 0.3) is 0 Å². The van der Waals surface area contributed by atoms with Gasteiger partial charge in [-0.2, -0.15) is 13.2 Å². The Kier molecular flexibility index (Phi) is 8.39. The van der Waals surface area contributed by atoms with Crippen LogP contribution >= 0.6 is 0 Å². The third kappa shape index (κ3) is 10.2. The molecule has 0 aromatic heterocycles. The third-order valence-electron chi connectivity index (χ3n) is 2.94. The highest BCUT2D eigenvalue weighted by Gasteiger charge is 2.41. The number of halogens is 3. The maximum absolute atomic E-state index is 13.0. The number of alkyl halides is 3. The Bertz CT molecular complexity index is 457. The van der Waals surface area contributed by atoms with Gasteiger partial charge in [0.2, 0.25) is 0 Å². The second kappa shape index (κ2) is 9.00. The topological polar surface area (TPSA) is 92.7 Å². The number of hydrogen-bond donors (Lipinski definition) is 2. The van der Waals surface area contributed by atoms with Gasteiger partial charge in [0.15, 0.2) is 0 Å². The number of rotatable bonds is 9. The summed E-state index contributed by atoms with van der Waals surface area (Å²) in [6.45, 7) is 6.03. The number of aliphatic carboxylic acids is 1. The minimum atomic E-state index is -4.70. The molecule has 0 aliphatic heterocycles. The van der Waals surface area contributed by atoms with Crippen LogP contribution in [0.3, 0.4) is 0 Å². The minimum Gasteiger partial charge on any atom is -0.480 e. The van der Waals surface area contributed by atoms with Crippen molar-refractivity contribution in [1.29, 1.82) is 0 Å². The predicted octanol–water partition coefficient (Wildman–Crippen LogP) is 2.45. The average Bonchev–Trinajstić information content (AvgIpc) is 2.33. The zero-order valence-electron chi connectivity index (χ0n) is 14.2. The maximum Gasteiger partial charge on any atom is 0.403 e. The molecule has 2 N–H and O–H groups in total. The molecule has 0 saturated carbocycles. The van der Waals surface area contributed by atoms with Crippen LogP contribution in [-0.2, 0) is 19.1 Å². The molecule has 0 spiro atoms. The van der Waals surface area contributed by atoms with Gasteiger partial charge < -0.3 is 14.6 Å². The summed E-state index contributed by atoms with van der Waals surface area (Å²) in [6.07, 6.45) is -6.27. The fourth-order valence-electron chi connectivity index (χ4n) is 1.86. The van der Waals surface area contributed by atoms with Crippen LogP contribution < -0.4 is 5.32 Å². The lowest BCUT2D eigenvalue weighted by atomic mass is 10.1. The standard InChI is InChI=1S/C15H24F3NO5/c1-9(20)5-7-11(15(16,17)18)19-10(13(22)23)6-8-12(21)24-14(2,3)4/h10-11,19H,5-8H2,1-4H3,(H,22,23)/t10-,11-/m0/s1. The Morgan fingerprint density at radius 1 is 1.08 bits per heavy atom. The summed E-state index contributed by atoms with van der Waals surface area (Å²) < 4.78 is 43.9. The number of nitrogens with one attached hydrogen (secondary N) is 1. The van der Waals surface area contributed by atoms with Crippen LogP contribution in [0.25, 0.3) is 0 Å². The second-order valence-electron chi connectivity index (χ2n) is 6.52. The third-order valence-corrected chi connectivity index (χ3v) is 2.94. The number of carboxylic acid groups (broad SMARTS) is 1. The summed E-state index contributed by atoms with van der Waals surface area (Å²) >= 11 is 0. The molecule has 0 amide bonds. The quantitative estimate of drug-likeness (QED) is 0.617. The normalized spacial score (nSPS) is 14.8. The molecule has 0 aromatic carbocycles. The van der Waals surface area contributed by atoms with Gasteiger partial charge >= 0.3 is 18.1 Å². The van der Waals surface area contributed by atoms with E-state index in [1.807, 2.05) is 5.32 Å². The van der Waals surface area contributed by atoms with Crippen molar-refractivity contribution in [2.45, 2.75) is 77.2 Å². The molecule has 0 rings (SSSR count). The Labute approximate surface area is 138 Å². The lowest BCUT2D eigenvalue weighted by Gasteiger charge is -2.25. The van der Waals surface area contributed by atoms with E-state index in [0.717, 1.165) is 6.92 Å². The Morgan fingerprint density at radius 3 is 2.00 bits per heavy atom. The Morgan fingerprint density at radius 2 is 1.62 bits per heavy atom. The van der Waals surface area contributed by atoms with Gasteiger partial charge in [-0.25, -0.2) is 0 Å². The van der Waals surface area contributed by atoms with Crippen molar-refractivity contribution in [3.63, 3.8) is 0 Å². The van der Waals surface area contributed by atoms with E-state index in [2.05, 4.69) is 0 Å². The molecule has 9 heteroatoms. The highest BCUT2D eigenvalue weighted by atomic mass is 19.4. The smallest absolute Gasteiger partial charge is 0.403 e. The van der Waals surface area contributed by atoms with Crippen molar-refractivity contribution in [3.05, 3.63) is 0 Å². The fourth-order valence-corrected chi connectivity index (χ4v) is 1.86. The van der Waals surface area contributed by atoms with E-state index in [-0.39, 0.29) is 19.3 Å². The molecule has 0 unspecified atom stereocenters. The predicted molar refractivity (Wildman–Crippen MR) is 79.4 cm³/mol. The zero-order chi connectivity index (χ0) is 19.1. The molecule has 6 nitrogen and oxygen atoms in total. The van der Waals surface area contributed by atoms with Gasteiger partial charge in [-0.3, -0.25) is 14.9 Å². The summed E-state index contributed by atoms with van der Waals surface area (Å²) in [4.78, 5) is 33.6. The molecule has 0 aromatic rings. The monoisotopic (exact) mass is 355 g/mol. The number of esters is 1. The molecule has 140 valence electrons. The molecule has 0 fully saturated rings. The molecular formula is C15H24F3NO5. The van der Waals surface area contributed by atoms with Crippen molar-refractivity contribution >= 4 is 17.7 Å². The van der Waals surface area contributed by atoms with Gasteiger partial charge in [-0.05, 0) is 40.5 Å². The maximum atomic E-state index is 13.0. The van der Waals surface area contributed by atoms with Crippen molar-refractivity contribution < 1.29 is 37.4 Å². The molecule has 0 bridgehead atoms. The van der Waals surface area contributed by atoms with Gasteiger partial charge in [0.05, 0.1) is 0 Å². The number of carbonyl (C=O) groups is 3. The van der Waals surface area contributed by atoms with Crippen molar-refractivity contribution in [2.24, 2.45) is 0 Å². The van der Waals surface area contributed by atoms with E-state index >= 15 is 0 Å². The van der Waals surface area contributed by atoms with Crippen LogP contribution in [0.5, 0.6) is 0 Å². The summed E-state index contributed by atoms with van der Waals surface area (Å²) in [5.41, 5.74) is -0.765. The van der Waals surface area contributed by atoms with Crippen LogP contribution in [0.15, 0.2) is 0 Å². The molecule has 24 heavy (non-hydrogen) atoms. The summed E-state index contributed by atoms with van der Waals surface area (Å²) in [5, 5.41) is 11.0. The van der Waals surface area contributed by atoms with E-state index in [9.17, 15) is 27.6 Å². The summed E-state index contributed by atoms with van der Waals surface area (Å²) in [5.74, 6) is -2.62. The lowest BCUT2D eigenvalue weighted by Crippen LogP contribution is -2.50. The first kappa shape index (κ1) is 22.4. The summed E-state index contributed by atoms with van der Waals surface area (Å²) in [7, 11) is 0. The first-order valence-electron chi connectivity index (χ1n) is 7.49. The van der Waals surface area contributed by atoms with E-state index in [4.69, 9.17) is 9.84 Å². The molecule has 0 saturated heterocycles. The number of hydrogen-bond acceptors (Lipinski definition) is 5. The number of carboxylic acids is 1. The van der Waals surface area contributed by atoms with Crippen molar-refractivity contribution in [3.8, 4) is 0 Å². The summed E-state index contributed by atoms with van der Waals surface area (Å²) in [6, 6.07) is -3.71. The molecule has 0 radical (unpaired) electrons. The molecule has 2 atom stereocenters. The average molecular weight is 355 g/mol. The van der Waals surface area contributed by atoms with Gasteiger partial charge in [0, 0.05) is 12.8 Å². The van der Waals surface area contributed by atoms with E-state index < -0.39 is 48.0 Å². The van der Waals surface area contributed by atoms with Gasteiger partial charge in [-0.15, -0.1) is 0 Å². The molecule has 0 aliphatic carbocycles. The van der Waals surface area contributed by atoms with Crippen molar-refractivity contribution in [2.75, 3.05) is 0 Å². The Balaban J connectivity index is 4.81. The highest BCUT2D eigenvalue weighted by molar-refractivity contribution is 5.76. The second-order valence-corrected chi connectivity index (χ2v) is 6.52. The van der Waals surface area contributed by atoms with Crippen LogP contribution in [0.4, 0.5) is 13.2 Å². The first-order valence-corrected chi connectivity index (χ1v) is 7.49. The van der Waals surface area contributed by atoms with E-state index in [0.29, 0.717) is 0 Å². The largest absolute Gasteiger partial charge is 0.480 e.